The van der Waals surface area contributed by atoms with Crippen LogP contribution in [-0.2, 0) is 35.2 Å². The molecule has 1 aromatic rings. The molecule has 0 aliphatic carbocycles. The highest BCUT2D eigenvalue weighted by molar-refractivity contribution is 6.02. The van der Waals surface area contributed by atoms with E-state index in [-0.39, 0.29) is 31.6 Å². The van der Waals surface area contributed by atoms with Crippen LogP contribution in [0.3, 0.4) is 0 Å². The average molecular weight is 476 g/mol. The fourth-order valence-corrected chi connectivity index (χ4v) is 3.21. The highest BCUT2D eigenvalue weighted by Crippen LogP contribution is 2.14. The van der Waals surface area contributed by atoms with Gasteiger partial charge in [0.15, 0.2) is 0 Å². The molecule has 10 heteroatoms. The first-order valence-corrected chi connectivity index (χ1v) is 11.4. The molecule has 2 N–H and O–H groups in total. The lowest BCUT2D eigenvalue weighted by atomic mass is 10.1. The molecule has 1 fully saturated rings. The molecule has 10 nitrogen and oxygen atoms in total. The summed E-state index contributed by atoms with van der Waals surface area (Å²) in [5.74, 6) is -2.38. The summed E-state index contributed by atoms with van der Waals surface area (Å²) < 4.78 is 5.15. The van der Waals surface area contributed by atoms with Gasteiger partial charge in [0.1, 0.15) is 11.6 Å². The van der Waals surface area contributed by atoms with Crippen molar-refractivity contribution in [3.8, 4) is 0 Å². The summed E-state index contributed by atoms with van der Waals surface area (Å²) in [5, 5.41) is 5.79. The summed E-state index contributed by atoms with van der Waals surface area (Å²) in [6.45, 7) is 5.78. The largest absolute Gasteiger partial charge is 0.444 e. The number of ether oxygens (including phenoxy) is 1. The molecule has 34 heavy (non-hydrogen) atoms. The van der Waals surface area contributed by atoms with Crippen LogP contribution in [0, 0.1) is 0 Å². The molecule has 1 atom stereocenters. The van der Waals surface area contributed by atoms with Crippen molar-refractivity contribution in [1.29, 1.82) is 0 Å². The summed E-state index contributed by atoms with van der Waals surface area (Å²) in [6.07, 6.45) is 1.73. The Morgan fingerprint density at radius 1 is 1.00 bits per heavy atom. The number of hydrogen-bond donors (Lipinski definition) is 2. The quantitative estimate of drug-likeness (QED) is 0.371. The first-order valence-electron chi connectivity index (χ1n) is 11.4. The zero-order valence-electron chi connectivity index (χ0n) is 19.9. The van der Waals surface area contributed by atoms with Crippen LogP contribution >= 0.6 is 0 Å². The maximum absolute atomic E-state index is 12.7. The molecule has 1 unspecified atom stereocenters. The number of hydrogen-bond acceptors (Lipinski definition) is 7. The standard InChI is InChI=1S/C24H33N3O7/c1-24(2,3)33-23(32)25-15-9-5-8-12-19(28)26-18(16-17-10-6-4-7-11-17)22(31)34-27-20(29)13-14-21(27)30/h4,6-7,10-11,18H,5,8-9,12-16H2,1-3H3,(H,25,32)(H,26,28). The molecule has 4 amide bonds. The first kappa shape index (κ1) is 26.8. The highest BCUT2D eigenvalue weighted by atomic mass is 16.7. The van der Waals surface area contributed by atoms with Gasteiger partial charge in [-0.15, -0.1) is 5.06 Å². The lowest BCUT2D eigenvalue weighted by Crippen LogP contribution is -2.46. The van der Waals surface area contributed by atoms with Gasteiger partial charge in [-0.3, -0.25) is 14.4 Å². The maximum atomic E-state index is 12.7. The number of amides is 4. The number of carbonyl (C=O) groups excluding carboxylic acids is 5. The van der Waals surface area contributed by atoms with E-state index >= 15 is 0 Å². The van der Waals surface area contributed by atoms with Crippen molar-refractivity contribution >= 4 is 29.8 Å². The Kier molecular flexibility index (Phi) is 10.0. The molecule has 1 aliphatic rings. The van der Waals surface area contributed by atoms with Gasteiger partial charge in [-0.25, -0.2) is 9.59 Å². The fourth-order valence-electron chi connectivity index (χ4n) is 3.21. The van der Waals surface area contributed by atoms with Gasteiger partial charge in [-0.1, -0.05) is 36.8 Å². The zero-order valence-corrected chi connectivity index (χ0v) is 19.9. The van der Waals surface area contributed by atoms with E-state index in [0.717, 1.165) is 5.56 Å². The predicted octanol–water partition coefficient (Wildman–Crippen LogP) is 2.41. The summed E-state index contributed by atoms with van der Waals surface area (Å²) in [6, 6.07) is 7.99. The Morgan fingerprint density at radius 2 is 1.65 bits per heavy atom. The van der Waals surface area contributed by atoms with Crippen molar-refractivity contribution in [1.82, 2.24) is 15.7 Å². The molecule has 1 aromatic carbocycles. The minimum absolute atomic E-state index is 0.00932. The lowest BCUT2D eigenvalue weighted by molar-refractivity contribution is -0.199. The van der Waals surface area contributed by atoms with Gasteiger partial charge in [0.05, 0.1) is 0 Å². The van der Waals surface area contributed by atoms with Crippen molar-refractivity contribution in [2.75, 3.05) is 6.54 Å². The van der Waals surface area contributed by atoms with Crippen LogP contribution < -0.4 is 10.6 Å². The van der Waals surface area contributed by atoms with Crippen molar-refractivity contribution in [3.63, 3.8) is 0 Å². The number of hydroxylamine groups is 2. The molecular weight excluding hydrogens is 442 g/mol. The number of carbonyl (C=O) groups is 5. The van der Waals surface area contributed by atoms with Gasteiger partial charge in [-0.05, 0) is 39.2 Å². The number of unbranched alkanes of at least 4 members (excludes halogenated alkanes) is 2. The van der Waals surface area contributed by atoms with Crippen molar-refractivity contribution in [2.45, 2.75) is 77.4 Å². The second-order valence-corrected chi connectivity index (χ2v) is 9.04. The average Bonchev–Trinajstić information content (AvgIpc) is 3.07. The van der Waals surface area contributed by atoms with Gasteiger partial charge in [0.2, 0.25) is 5.91 Å². The van der Waals surface area contributed by atoms with E-state index in [4.69, 9.17) is 9.57 Å². The number of imide groups is 1. The fraction of sp³-hybridized carbons (Fsp3) is 0.542. The molecule has 1 heterocycles. The topological polar surface area (TPSA) is 131 Å². The summed E-state index contributed by atoms with van der Waals surface area (Å²) in [4.78, 5) is 65.3. The van der Waals surface area contributed by atoms with Crippen molar-refractivity contribution in [3.05, 3.63) is 35.9 Å². The molecule has 2 rings (SSSR count). The second kappa shape index (κ2) is 12.7. The third kappa shape index (κ3) is 9.60. The number of nitrogens with one attached hydrogen (secondary N) is 2. The van der Waals surface area contributed by atoms with Crippen LogP contribution in [-0.4, -0.2) is 53.0 Å². The summed E-state index contributed by atoms with van der Waals surface area (Å²) >= 11 is 0. The van der Waals surface area contributed by atoms with Crippen LogP contribution in [0.4, 0.5) is 4.79 Å². The molecule has 0 saturated carbocycles. The minimum Gasteiger partial charge on any atom is -0.444 e. The molecular formula is C24H33N3O7. The van der Waals surface area contributed by atoms with E-state index in [9.17, 15) is 24.0 Å². The van der Waals surface area contributed by atoms with Gasteiger partial charge in [-0.2, -0.15) is 0 Å². The molecule has 0 radical (unpaired) electrons. The lowest BCUT2D eigenvalue weighted by Gasteiger charge is -2.20. The first-order chi connectivity index (χ1) is 16.0. The predicted molar refractivity (Wildman–Crippen MR) is 122 cm³/mol. The minimum atomic E-state index is -1.05. The van der Waals surface area contributed by atoms with Gasteiger partial charge in [0.25, 0.3) is 11.8 Å². The SMILES string of the molecule is CC(C)(C)OC(=O)NCCCCCC(=O)NC(Cc1ccccc1)C(=O)ON1C(=O)CCC1=O. The van der Waals surface area contributed by atoms with E-state index in [0.29, 0.717) is 30.9 Å². The van der Waals surface area contributed by atoms with Crippen LogP contribution in [0.1, 0.15) is 64.9 Å². The van der Waals surface area contributed by atoms with Gasteiger partial charge in [0, 0.05) is 32.2 Å². The third-order valence-corrected chi connectivity index (χ3v) is 4.84. The number of nitrogens with zero attached hydrogens (tertiary/aromatic N) is 1. The smallest absolute Gasteiger partial charge is 0.407 e. The Bertz CT molecular complexity index is 864. The molecule has 1 aliphatic heterocycles. The number of alkyl carbamates (subject to hydrolysis) is 1. The van der Waals surface area contributed by atoms with Crippen LogP contribution in [0.25, 0.3) is 0 Å². The Hall–Kier alpha value is -3.43. The van der Waals surface area contributed by atoms with E-state index < -0.39 is 35.5 Å². The summed E-state index contributed by atoms with van der Waals surface area (Å²) in [7, 11) is 0. The number of rotatable bonds is 11. The van der Waals surface area contributed by atoms with E-state index in [1.165, 1.54) is 0 Å². The third-order valence-electron chi connectivity index (χ3n) is 4.84. The van der Waals surface area contributed by atoms with Crippen LogP contribution in [0.15, 0.2) is 30.3 Å². The molecule has 186 valence electrons. The van der Waals surface area contributed by atoms with Crippen molar-refractivity contribution < 1.29 is 33.5 Å². The molecule has 1 saturated heterocycles. The zero-order chi connectivity index (χ0) is 25.1. The normalized spacial score (nSPS) is 14.5. The van der Waals surface area contributed by atoms with Crippen LogP contribution in [0.2, 0.25) is 0 Å². The van der Waals surface area contributed by atoms with Gasteiger partial charge < -0.3 is 20.2 Å². The molecule has 0 aromatic heterocycles. The Labute approximate surface area is 199 Å². The van der Waals surface area contributed by atoms with Crippen LogP contribution in [0.5, 0.6) is 0 Å². The molecule has 0 bridgehead atoms. The molecule has 0 spiro atoms. The van der Waals surface area contributed by atoms with Crippen molar-refractivity contribution in [2.24, 2.45) is 0 Å². The number of benzene rings is 1. The summed E-state index contributed by atoms with van der Waals surface area (Å²) in [5.41, 5.74) is 0.228. The Morgan fingerprint density at radius 3 is 2.26 bits per heavy atom. The highest BCUT2D eigenvalue weighted by Gasteiger charge is 2.35. The monoisotopic (exact) mass is 475 g/mol. The maximum Gasteiger partial charge on any atom is 0.407 e. The van der Waals surface area contributed by atoms with E-state index in [1.54, 1.807) is 45.0 Å². The van der Waals surface area contributed by atoms with E-state index in [2.05, 4.69) is 10.6 Å². The Balaban J connectivity index is 1.80. The van der Waals surface area contributed by atoms with Gasteiger partial charge >= 0.3 is 12.1 Å². The second-order valence-electron chi connectivity index (χ2n) is 9.04. The van der Waals surface area contributed by atoms with E-state index in [1.807, 2.05) is 6.07 Å².